The fourth-order valence-electron chi connectivity index (χ4n) is 3.08. The van der Waals surface area contributed by atoms with Gasteiger partial charge in [0.2, 0.25) is 0 Å². The summed E-state index contributed by atoms with van der Waals surface area (Å²) < 4.78 is 5.71. The van der Waals surface area contributed by atoms with Crippen LogP contribution in [0.2, 0.25) is 0 Å². The molecule has 0 amide bonds. The van der Waals surface area contributed by atoms with Crippen LogP contribution in [0.3, 0.4) is 0 Å². The van der Waals surface area contributed by atoms with Gasteiger partial charge in [-0.05, 0) is 43.9 Å². The molecule has 0 saturated carbocycles. The van der Waals surface area contributed by atoms with E-state index in [2.05, 4.69) is 57.4 Å². The van der Waals surface area contributed by atoms with Crippen LogP contribution in [0.1, 0.15) is 56.7 Å². The molecule has 0 spiro atoms. The number of ether oxygens (including phenoxy) is 1. The Bertz CT molecular complexity index is 387. The first kappa shape index (κ1) is 14.5. The van der Waals surface area contributed by atoms with E-state index in [-0.39, 0.29) is 0 Å². The highest BCUT2D eigenvalue weighted by Crippen LogP contribution is 2.33. The van der Waals surface area contributed by atoms with Crippen LogP contribution < -0.4 is 5.32 Å². The Morgan fingerprint density at radius 2 is 1.89 bits per heavy atom. The molecule has 2 nitrogen and oxygen atoms in total. The fourth-order valence-corrected chi connectivity index (χ4v) is 3.08. The Morgan fingerprint density at radius 1 is 1.26 bits per heavy atom. The van der Waals surface area contributed by atoms with Gasteiger partial charge in [-0.15, -0.1) is 0 Å². The zero-order valence-corrected chi connectivity index (χ0v) is 12.6. The van der Waals surface area contributed by atoms with Crippen molar-refractivity contribution in [1.29, 1.82) is 0 Å². The Kier molecular flexibility index (Phi) is 5.00. The van der Waals surface area contributed by atoms with Gasteiger partial charge in [-0.2, -0.15) is 0 Å². The highest BCUT2D eigenvalue weighted by Gasteiger charge is 2.31. The van der Waals surface area contributed by atoms with Crippen molar-refractivity contribution in [3.8, 4) is 0 Å². The molecule has 0 aromatic heterocycles. The Morgan fingerprint density at radius 3 is 2.37 bits per heavy atom. The van der Waals surface area contributed by atoms with Crippen molar-refractivity contribution in [1.82, 2.24) is 5.32 Å². The summed E-state index contributed by atoms with van der Waals surface area (Å²) >= 11 is 0. The van der Waals surface area contributed by atoms with Crippen LogP contribution in [0, 0.1) is 5.92 Å². The van der Waals surface area contributed by atoms with Crippen LogP contribution in [0.15, 0.2) is 24.3 Å². The third-order valence-corrected chi connectivity index (χ3v) is 4.65. The highest BCUT2D eigenvalue weighted by molar-refractivity contribution is 5.28. The number of benzene rings is 1. The van der Waals surface area contributed by atoms with Crippen molar-refractivity contribution in [2.24, 2.45) is 5.92 Å². The SMILES string of the molecule is CCC(C)c1ccc(C(NC)C2CCOC2C)cc1. The van der Waals surface area contributed by atoms with E-state index in [1.807, 2.05) is 0 Å². The van der Waals surface area contributed by atoms with E-state index in [9.17, 15) is 0 Å². The summed E-state index contributed by atoms with van der Waals surface area (Å²) in [5, 5.41) is 3.47. The Hall–Kier alpha value is -0.860. The summed E-state index contributed by atoms with van der Waals surface area (Å²) in [6, 6.07) is 9.55. The second-order valence-corrected chi connectivity index (χ2v) is 5.77. The van der Waals surface area contributed by atoms with Crippen molar-refractivity contribution < 1.29 is 4.74 Å². The summed E-state index contributed by atoms with van der Waals surface area (Å²) in [7, 11) is 2.05. The molecule has 4 atom stereocenters. The average Bonchev–Trinajstić information content (AvgIpc) is 2.86. The van der Waals surface area contributed by atoms with Crippen LogP contribution in [0.5, 0.6) is 0 Å². The smallest absolute Gasteiger partial charge is 0.0594 e. The maximum Gasteiger partial charge on any atom is 0.0594 e. The molecule has 19 heavy (non-hydrogen) atoms. The third-order valence-electron chi connectivity index (χ3n) is 4.65. The van der Waals surface area contributed by atoms with Gasteiger partial charge in [0.05, 0.1) is 6.10 Å². The van der Waals surface area contributed by atoms with Crippen molar-refractivity contribution >= 4 is 0 Å². The average molecular weight is 261 g/mol. The molecule has 1 fully saturated rings. The minimum Gasteiger partial charge on any atom is -0.378 e. The van der Waals surface area contributed by atoms with Gasteiger partial charge in [-0.1, -0.05) is 38.1 Å². The largest absolute Gasteiger partial charge is 0.378 e. The molecule has 1 aliphatic heterocycles. The quantitative estimate of drug-likeness (QED) is 0.868. The maximum atomic E-state index is 5.71. The molecular weight excluding hydrogens is 234 g/mol. The topological polar surface area (TPSA) is 21.3 Å². The molecule has 1 saturated heterocycles. The van der Waals surface area contributed by atoms with Gasteiger partial charge < -0.3 is 10.1 Å². The lowest BCUT2D eigenvalue weighted by Gasteiger charge is -2.26. The lowest BCUT2D eigenvalue weighted by atomic mass is 9.87. The number of hydrogen-bond acceptors (Lipinski definition) is 2. The maximum absolute atomic E-state index is 5.71. The van der Waals surface area contributed by atoms with E-state index in [1.165, 1.54) is 17.5 Å². The van der Waals surface area contributed by atoms with Gasteiger partial charge in [-0.25, -0.2) is 0 Å². The van der Waals surface area contributed by atoms with E-state index < -0.39 is 0 Å². The molecule has 0 aliphatic carbocycles. The molecule has 4 unspecified atom stereocenters. The molecule has 0 bridgehead atoms. The molecule has 1 aliphatic rings. The first-order chi connectivity index (χ1) is 9.17. The summed E-state index contributed by atoms with van der Waals surface area (Å²) in [5.41, 5.74) is 2.83. The summed E-state index contributed by atoms with van der Waals surface area (Å²) in [6.07, 6.45) is 2.70. The van der Waals surface area contributed by atoms with Crippen molar-refractivity contribution in [3.05, 3.63) is 35.4 Å². The third kappa shape index (κ3) is 3.18. The predicted molar refractivity (Wildman–Crippen MR) is 80.5 cm³/mol. The molecule has 2 rings (SSSR count). The molecule has 0 radical (unpaired) electrons. The molecule has 2 heteroatoms. The molecule has 1 N–H and O–H groups in total. The highest BCUT2D eigenvalue weighted by atomic mass is 16.5. The Balaban J connectivity index is 2.15. The van der Waals surface area contributed by atoms with Gasteiger partial charge in [0.25, 0.3) is 0 Å². The van der Waals surface area contributed by atoms with E-state index in [0.717, 1.165) is 13.0 Å². The molecule has 1 aromatic carbocycles. The first-order valence-corrected chi connectivity index (χ1v) is 7.56. The van der Waals surface area contributed by atoms with Crippen LogP contribution in [0.4, 0.5) is 0 Å². The van der Waals surface area contributed by atoms with Gasteiger partial charge >= 0.3 is 0 Å². The normalized spacial score (nSPS) is 26.3. The lowest BCUT2D eigenvalue weighted by Crippen LogP contribution is -2.29. The van der Waals surface area contributed by atoms with E-state index >= 15 is 0 Å². The second kappa shape index (κ2) is 6.53. The molecular formula is C17H27NO. The van der Waals surface area contributed by atoms with Gasteiger partial charge in [-0.3, -0.25) is 0 Å². The van der Waals surface area contributed by atoms with Crippen LogP contribution >= 0.6 is 0 Å². The van der Waals surface area contributed by atoms with Crippen LogP contribution in [-0.2, 0) is 4.74 Å². The lowest BCUT2D eigenvalue weighted by molar-refractivity contribution is 0.0963. The zero-order chi connectivity index (χ0) is 13.8. The number of nitrogens with one attached hydrogen (secondary N) is 1. The molecule has 1 aromatic rings. The molecule has 1 heterocycles. The van der Waals surface area contributed by atoms with Crippen molar-refractivity contribution in [2.45, 2.75) is 51.7 Å². The predicted octanol–water partition coefficient (Wildman–Crippen LogP) is 3.89. The fraction of sp³-hybridized carbons (Fsp3) is 0.647. The van der Waals surface area contributed by atoms with Gasteiger partial charge in [0, 0.05) is 18.6 Å². The van der Waals surface area contributed by atoms with Crippen LogP contribution in [-0.4, -0.2) is 19.8 Å². The summed E-state index contributed by atoms with van der Waals surface area (Å²) in [6.45, 7) is 7.62. The summed E-state index contributed by atoms with van der Waals surface area (Å²) in [4.78, 5) is 0. The standard InChI is InChI=1S/C17H27NO/c1-5-12(2)14-6-8-15(9-7-14)17(18-4)16-10-11-19-13(16)3/h6-9,12-13,16-18H,5,10-11H2,1-4H3. The van der Waals surface area contributed by atoms with Crippen molar-refractivity contribution in [3.63, 3.8) is 0 Å². The van der Waals surface area contributed by atoms with Gasteiger partial charge in [0.15, 0.2) is 0 Å². The van der Waals surface area contributed by atoms with Crippen LogP contribution in [0.25, 0.3) is 0 Å². The minimum atomic E-state index is 0.353. The second-order valence-electron chi connectivity index (χ2n) is 5.77. The summed E-state index contributed by atoms with van der Waals surface area (Å²) in [5.74, 6) is 1.23. The van der Waals surface area contributed by atoms with E-state index in [1.54, 1.807) is 0 Å². The van der Waals surface area contributed by atoms with E-state index in [0.29, 0.717) is 24.0 Å². The van der Waals surface area contributed by atoms with Crippen molar-refractivity contribution in [2.75, 3.05) is 13.7 Å². The molecule has 106 valence electrons. The van der Waals surface area contributed by atoms with Gasteiger partial charge in [0.1, 0.15) is 0 Å². The Labute approximate surface area is 117 Å². The van der Waals surface area contributed by atoms with E-state index in [4.69, 9.17) is 4.74 Å². The monoisotopic (exact) mass is 261 g/mol. The number of rotatable bonds is 5. The first-order valence-electron chi connectivity index (χ1n) is 7.56. The zero-order valence-electron chi connectivity index (χ0n) is 12.6. The minimum absolute atomic E-state index is 0.353. The number of hydrogen-bond donors (Lipinski definition) is 1.